The van der Waals surface area contributed by atoms with Crippen molar-refractivity contribution in [2.24, 2.45) is 0 Å². The monoisotopic (exact) mass is 916 g/mol. The molecule has 0 aliphatic carbocycles. The number of fused-ring (bicyclic) bond motifs is 18. The molecule has 0 N–H and O–H groups in total. The highest BCUT2D eigenvalue weighted by Crippen LogP contribution is 2.48. The summed E-state index contributed by atoms with van der Waals surface area (Å²) in [6.07, 6.45) is 0. The predicted molar refractivity (Wildman–Crippen MR) is 304 cm³/mol. The zero-order chi connectivity index (χ0) is 47.3. The molecule has 1 aliphatic rings. The van der Waals surface area contributed by atoms with Gasteiger partial charge in [-0.2, -0.15) is 0 Å². The standard InChI is InChI=1S/C68H44N4/c1-3-28-56-45(16-1)18-13-34-61(56)71-64-33-8-6-31-60(64)68-65(36-15-37-66(68)71)70-53-26-11-22-49(42-53)47-20-9-24-51(40-47)69(52-25-10-21-48(41-52)50-23-12-27-54(70)43-50)55-38-39-59-58-30-5-7-32-63(58)72(67(59)44-55)62-35-14-19-46-17-2-4-29-57(46)62/h1-44H. The van der Waals surface area contributed by atoms with Crippen LogP contribution in [0.1, 0.15) is 0 Å². The van der Waals surface area contributed by atoms with Gasteiger partial charge in [0.15, 0.2) is 0 Å². The van der Waals surface area contributed by atoms with Gasteiger partial charge in [-0.1, -0.05) is 170 Å². The summed E-state index contributed by atoms with van der Waals surface area (Å²) in [5, 5.41) is 9.75. The molecular weight excluding hydrogens is 873 g/mol. The lowest BCUT2D eigenvalue weighted by atomic mass is 9.99. The third-order valence-corrected chi connectivity index (χ3v) is 14.9. The number of anilines is 6. The molecule has 0 saturated carbocycles. The summed E-state index contributed by atoms with van der Waals surface area (Å²) in [5.74, 6) is 0. The van der Waals surface area contributed by atoms with Crippen LogP contribution in [-0.2, 0) is 0 Å². The van der Waals surface area contributed by atoms with Gasteiger partial charge in [0.05, 0.1) is 39.1 Å². The van der Waals surface area contributed by atoms with E-state index in [4.69, 9.17) is 0 Å². The lowest BCUT2D eigenvalue weighted by Crippen LogP contribution is -2.12. The first kappa shape index (κ1) is 40.3. The van der Waals surface area contributed by atoms with Gasteiger partial charge >= 0.3 is 0 Å². The molecule has 4 heteroatoms. The number of rotatable bonds is 4. The van der Waals surface area contributed by atoms with Crippen molar-refractivity contribution in [3.63, 3.8) is 0 Å². The van der Waals surface area contributed by atoms with Crippen LogP contribution in [0.3, 0.4) is 0 Å². The van der Waals surface area contributed by atoms with Gasteiger partial charge < -0.3 is 18.9 Å². The smallest absolute Gasteiger partial charge is 0.0562 e. The van der Waals surface area contributed by atoms with Crippen molar-refractivity contribution in [3.05, 3.63) is 267 Å². The Bertz CT molecular complexity index is 4390. The van der Waals surface area contributed by atoms with Crippen LogP contribution in [0, 0.1) is 0 Å². The molecule has 0 radical (unpaired) electrons. The molecule has 12 aromatic carbocycles. The fraction of sp³-hybridized carbons (Fsp3) is 0. The average Bonchev–Trinajstić information content (AvgIpc) is 3.96. The molecule has 0 saturated heterocycles. The van der Waals surface area contributed by atoms with Crippen LogP contribution in [0.4, 0.5) is 34.1 Å². The summed E-state index contributed by atoms with van der Waals surface area (Å²) >= 11 is 0. The Morgan fingerprint density at radius 3 is 1.15 bits per heavy atom. The van der Waals surface area contributed by atoms with E-state index in [1.165, 1.54) is 65.5 Å². The maximum absolute atomic E-state index is 2.46. The number of para-hydroxylation sites is 2. The summed E-state index contributed by atoms with van der Waals surface area (Å²) < 4.78 is 4.91. The average molecular weight is 917 g/mol. The second kappa shape index (κ2) is 16.0. The van der Waals surface area contributed by atoms with Crippen molar-refractivity contribution in [1.29, 1.82) is 0 Å². The molecular formula is C68H44N4. The maximum atomic E-state index is 2.46. The normalized spacial score (nSPS) is 12.4. The largest absolute Gasteiger partial charge is 0.310 e. The molecule has 72 heavy (non-hydrogen) atoms. The number of nitrogens with zero attached hydrogens (tertiary/aromatic N) is 4. The molecule has 1 aliphatic heterocycles. The van der Waals surface area contributed by atoms with Gasteiger partial charge in [0.25, 0.3) is 0 Å². The summed E-state index contributed by atoms with van der Waals surface area (Å²) in [6.45, 7) is 0. The topological polar surface area (TPSA) is 16.3 Å². The molecule has 0 amide bonds. The molecule has 0 spiro atoms. The van der Waals surface area contributed by atoms with Crippen molar-refractivity contribution >= 4 is 99.3 Å². The Morgan fingerprint density at radius 1 is 0.208 bits per heavy atom. The van der Waals surface area contributed by atoms with Crippen molar-refractivity contribution in [2.45, 2.75) is 0 Å². The summed E-state index contributed by atoms with van der Waals surface area (Å²) in [6, 6.07) is 98.4. The van der Waals surface area contributed by atoms with Crippen LogP contribution in [0.5, 0.6) is 0 Å². The molecule has 3 heterocycles. The minimum Gasteiger partial charge on any atom is -0.310 e. The van der Waals surface area contributed by atoms with Gasteiger partial charge in [-0.05, 0) is 130 Å². The predicted octanol–water partition coefficient (Wildman–Crippen LogP) is 18.8. The van der Waals surface area contributed by atoms with Crippen molar-refractivity contribution in [1.82, 2.24) is 9.13 Å². The van der Waals surface area contributed by atoms with E-state index in [1.54, 1.807) is 0 Å². The Labute approximate surface area is 416 Å². The molecule has 2 aromatic heterocycles. The van der Waals surface area contributed by atoms with E-state index in [0.717, 1.165) is 67.4 Å². The fourth-order valence-electron chi connectivity index (χ4n) is 11.8. The minimum atomic E-state index is 1.08. The Balaban J connectivity index is 0.947. The van der Waals surface area contributed by atoms with E-state index >= 15 is 0 Å². The lowest BCUT2D eigenvalue weighted by Gasteiger charge is -2.29. The number of hydrogen-bond acceptors (Lipinski definition) is 2. The summed E-state index contributed by atoms with van der Waals surface area (Å²) in [7, 11) is 0. The zero-order valence-corrected chi connectivity index (χ0v) is 39.2. The SMILES string of the molecule is c1cc2cc(c1)N(c1ccc3c4ccccc4n(-c4cccc5ccccc45)c3c1)c1cccc(c1)-c1cccc(c1)N(c1cccc3c1c1ccccc1n3-c1cccc3ccccc13)c1cccc-2c1. The molecule has 0 fully saturated rings. The number of aromatic nitrogens is 2. The molecule has 8 bridgehead atoms. The fourth-order valence-corrected chi connectivity index (χ4v) is 11.8. The second-order valence-electron chi connectivity index (χ2n) is 18.9. The van der Waals surface area contributed by atoms with E-state index in [0.29, 0.717) is 0 Å². The van der Waals surface area contributed by atoms with Crippen LogP contribution < -0.4 is 9.80 Å². The van der Waals surface area contributed by atoms with Gasteiger partial charge in [0.2, 0.25) is 0 Å². The van der Waals surface area contributed by atoms with E-state index < -0.39 is 0 Å². The highest BCUT2D eigenvalue weighted by atomic mass is 15.2. The number of benzene rings is 12. The van der Waals surface area contributed by atoms with Gasteiger partial charge in [0, 0.05) is 60.8 Å². The zero-order valence-electron chi connectivity index (χ0n) is 39.2. The lowest BCUT2D eigenvalue weighted by molar-refractivity contribution is 1.19. The molecule has 0 unspecified atom stereocenters. The maximum Gasteiger partial charge on any atom is 0.0562 e. The number of hydrogen-bond donors (Lipinski definition) is 0. The van der Waals surface area contributed by atoms with Crippen LogP contribution in [0.2, 0.25) is 0 Å². The van der Waals surface area contributed by atoms with Crippen molar-refractivity contribution < 1.29 is 0 Å². The highest BCUT2D eigenvalue weighted by Gasteiger charge is 2.24. The van der Waals surface area contributed by atoms with Gasteiger partial charge in [-0.25, -0.2) is 0 Å². The molecule has 14 aromatic rings. The second-order valence-corrected chi connectivity index (χ2v) is 18.9. The third-order valence-electron chi connectivity index (χ3n) is 14.9. The van der Waals surface area contributed by atoms with Gasteiger partial charge in [0.1, 0.15) is 0 Å². The third kappa shape index (κ3) is 6.19. The molecule has 0 atom stereocenters. The molecule has 336 valence electrons. The molecule has 15 rings (SSSR count). The van der Waals surface area contributed by atoms with Crippen LogP contribution in [0.25, 0.3) is 98.8 Å². The van der Waals surface area contributed by atoms with Crippen molar-refractivity contribution in [2.75, 3.05) is 9.80 Å². The Kier molecular flexibility index (Phi) is 8.92. The molecule has 4 nitrogen and oxygen atoms in total. The highest BCUT2D eigenvalue weighted by molar-refractivity contribution is 6.18. The van der Waals surface area contributed by atoms with Crippen LogP contribution in [0.15, 0.2) is 267 Å². The first-order valence-corrected chi connectivity index (χ1v) is 24.7. The van der Waals surface area contributed by atoms with Crippen molar-refractivity contribution in [3.8, 4) is 33.6 Å². The van der Waals surface area contributed by atoms with E-state index in [9.17, 15) is 0 Å². The van der Waals surface area contributed by atoms with Gasteiger partial charge in [-0.15, -0.1) is 0 Å². The van der Waals surface area contributed by atoms with E-state index in [1.807, 2.05) is 0 Å². The first-order chi connectivity index (χ1) is 35.7. The van der Waals surface area contributed by atoms with E-state index in [2.05, 4.69) is 286 Å². The first-order valence-electron chi connectivity index (χ1n) is 24.7. The minimum absolute atomic E-state index is 1.08. The van der Waals surface area contributed by atoms with E-state index in [-0.39, 0.29) is 0 Å². The summed E-state index contributed by atoms with van der Waals surface area (Å²) in [4.78, 5) is 4.89. The van der Waals surface area contributed by atoms with Crippen LogP contribution in [-0.4, -0.2) is 9.13 Å². The quantitative estimate of drug-likeness (QED) is 0.175. The van der Waals surface area contributed by atoms with Crippen LogP contribution >= 0.6 is 0 Å². The summed E-state index contributed by atoms with van der Waals surface area (Å²) in [5.41, 5.74) is 18.1. The Hall–Kier alpha value is -9.64. The van der Waals surface area contributed by atoms with Gasteiger partial charge in [-0.3, -0.25) is 0 Å². The Morgan fingerprint density at radius 2 is 0.583 bits per heavy atom.